The summed E-state index contributed by atoms with van der Waals surface area (Å²) in [6.45, 7) is 3.24. The summed E-state index contributed by atoms with van der Waals surface area (Å²) in [5.74, 6) is 0.474. The number of fused-ring (bicyclic) bond motifs is 1. The van der Waals surface area contributed by atoms with Gasteiger partial charge in [0.15, 0.2) is 0 Å². The molecule has 0 unspecified atom stereocenters. The zero-order valence-corrected chi connectivity index (χ0v) is 17.1. The quantitative estimate of drug-likeness (QED) is 0.498. The molecule has 0 aliphatic carbocycles. The topological polar surface area (TPSA) is 50.2 Å². The van der Waals surface area contributed by atoms with E-state index in [0.29, 0.717) is 21.9 Å². The van der Waals surface area contributed by atoms with Crippen LogP contribution in [0.3, 0.4) is 0 Å². The van der Waals surface area contributed by atoms with Crippen LogP contribution in [0.2, 0.25) is 5.02 Å². The molecular formula is C24H21ClN4O. The summed E-state index contributed by atoms with van der Waals surface area (Å²) in [7, 11) is 0. The first-order valence-corrected chi connectivity index (χ1v) is 10.4. The van der Waals surface area contributed by atoms with Gasteiger partial charge in [0.1, 0.15) is 0 Å². The van der Waals surface area contributed by atoms with Crippen molar-refractivity contribution < 1.29 is 0 Å². The van der Waals surface area contributed by atoms with Crippen LogP contribution >= 0.6 is 11.6 Å². The Morgan fingerprint density at radius 2 is 1.80 bits per heavy atom. The number of nitrogens with zero attached hydrogens (tertiary/aromatic N) is 3. The van der Waals surface area contributed by atoms with Crippen molar-refractivity contribution in [1.82, 2.24) is 14.5 Å². The SMILES string of the molecule is O=c1c2cc(Cl)ccc2nc(Nc2cccc(CN3CCC3)c2)n1-c1ccccc1. The average molecular weight is 417 g/mol. The van der Waals surface area contributed by atoms with E-state index < -0.39 is 0 Å². The molecule has 5 nitrogen and oxygen atoms in total. The van der Waals surface area contributed by atoms with Gasteiger partial charge in [-0.1, -0.05) is 41.9 Å². The third-order valence-corrected chi connectivity index (χ3v) is 5.62. The Hall–Kier alpha value is -3.15. The van der Waals surface area contributed by atoms with E-state index in [-0.39, 0.29) is 5.56 Å². The molecule has 30 heavy (non-hydrogen) atoms. The van der Waals surface area contributed by atoms with Crippen molar-refractivity contribution in [2.24, 2.45) is 0 Å². The van der Waals surface area contributed by atoms with Crippen molar-refractivity contribution in [1.29, 1.82) is 0 Å². The molecule has 1 saturated heterocycles. The summed E-state index contributed by atoms with van der Waals surface area (Å²) in [5.41, 5.74) is 3.33. The zero-order chi connectivity index (χ0) is 20.5. The molecule has 1 aromatic heterocycles. The van der Waals surface area contributed by atoms with Crippen LogP contribution in [0.25, 0.3) is 16.6 Å². The van der Waals surface area contributed by atoms with Gasteiger partial charge in [-0.2, -0.15) is 0 Å². The summed E-state index contributed by atoms with van der Waals surface area (Å²) in [6.07, 6.45) is 1.27. The summed E-state index contributed by atoms with van der Waals surface area (Å²) in [5, 5.41) is 4.37. The highest BCUT2D eigenvalue weighted by molar-refractivity contribution is 6.31. The zero-order valence-electron chi connectivity index (χ0n) is 16.4. The molecule has 5 rings (SSSR count). The molecule has 1 aliphatic heterocycles. The van der Waals surface area contributed by atoms with Crippen molar-refractivity contribution in [3.8, 4) is 5.69 Å². The molecule has 2 heterocycles. The summed E-state index contributed by atoms with van der Waals surface area (Å²) >= 11 is 6.14. The van der Waals surface area contributed by atoms with Crippen LogP contribution in [-0.2, 0) is 6.54 Å². The second-order valence-corrected chi connectivity index (χ2v) is 7.96. The van der Waals surface area contributed by atoms with Gasteiger partial charge in [-0.3, -0.25) is 9.69 Å². The van der Waals surface area contributed by atoms with Crippen LogP contribution in [0.4, 0.5) is 11.6 Å². The fourth-order valence-electron chi connectivity index (χ4n) is 3.73. The molecule has 1 fully saturated rings. The molecular weight excluding hydrogens is 396 g/mol. The van der Waals surface area contributed by atoms with E-state index in [1.165, 1.54) is 12.0 Å². The van der Waals surface area contributed by atoms with E-state index in [1.807, 2.05) is 42.5 Å². The van der Waals surface area contributed by atoms with Crippen molar-refractivity contribution in [2.75, 3.05) is 18.4 Å². The molecule has 4 aromatic rings. The highest BCUT2D eigenvalue weighted by atomic mass is 35.5. The molecule has 0 spiro atoms. The van der Waals surface area contributed by atoms with E-state index in [4.69, 9.17) is 16.6 Å². The van der Waals surface area contributed by atoms with Gasteiger partial charge in [0.2, 0.25) is 5.95 Å². The van der Waals surface area contributed by atoms with E-state index >= 15 is 0 Å². The minimum absolute atomic E-state index is 0.159. The maximum absolute atomic E-state index is 13.4. The van der Waals surface area contributed by atoms with Crippen molar-refractivity contribution in [3.63, 3.8) is 0 Å². The number of para-hydroxylation sites is 1. The summed E-state index contributed by atoms with van der Waals surface area (Å²) in [6, 6.07) is 23.0. The Labute approximate surface area is 179 Å². The third kappa shape index (κ3) is 3.70. The van der Waals surface area contributed by atoms with Gasteiger partial charge in [0, 0.05) is 17.3 Å². The van der Waals surface area contributed by atoms with E-state index in [2.05, 4.69) is 22.3 Å². The lowest BCUT2D eigenvalue weighted by atomic mass is 10.1. The predicted molar refractivity (Wildman–Crippen MR) is 122 cm³/mol. The van der Waals surface area contributed by atoms with E-state index in [1.54, 1.807) is 22.8 Å². The number of aromatic nitrogens is 2. The molecule has 3 aromatic carbocycles. The molecule has 0 bridgehead atoms. The Balaban J connectivity index is 1.60. The van der Waals surface area contributed by atoms with Crippen LogP contribution in [0.1, 0.15) is 12.0 Å². The molecule has 0 amide bonds. The average Bonchev–Trinajstić information content (AvgIpc) is 2.73. The maximum atomic E-state index is 13.4. The highest BCUT2D eigenvalue weighted by Crippen LogP contribution is 2.23. The number of rotatable bonds is 5. The molecule has 6 heteroatoms. The number of hydrogen-bond acceptors (Lipinski definition) is 4. The van der Waals surface area contributed by atoms with Gasteiger partial charge in [-0.15, -0.1) is 0 Å². The van der Waals surface area contributed by atoms with Crippen LogP contribution < -0.4 is 10.9 Å². The molecule has 0 saturated carbocycles. The van der Waals surface area contributed by atoms with Gasteiger partial charge in [-0.05, 0) is 67.5 Å². The number of halogens is 1. The number of anilines is 2. The minimum Gasteiger partial charge on any atom is -0.325 e. The van der Waals surface area contributed by atoms with Gasteiger partial charge >= 0.3 is 0 Å². The van der Waals surface area contributed by atoms with Crippen molar-refractivity contribution >= 4 is 34.1 Å². The minimum atomic E-state index is -0.159. The normalized spacial score (nSPS) is 13.9. The lowest BCUT2D eigenvalue weighted by Crippen LogP contribution is -2.36. The number of benzene rings is 3. The molecule has 1 aliphatic rings. The number of nitrogens with one attached hydrogen (secondary N) is 1. The summed E-state index contributed by atoms with van der Waals surface area (Å²) < 4.78 is 1.60. The fraction of sp³-hybridized carbons (Fsp3) is 0.167. The van der Waals surface area contributed by atoms with Crippen LogP contribution in [0.5, 0.6) is 0 Å². The first-order valence-electron chi connectivity index (χ1n) is 10.0. The lowest BCUT2D eigenvalue weighted by Gasteiger charge is -2.30. The number of hydrogen-bond donors (Lipinski definition) is 1. The summed E-state index contributed by atoms with van der Waals surface area (Å²) in [4.78, 5) is 20.5. The Kier molecular flexibility index (Phi) is 4.99. The Bertz CT molecular complexity index is 1270. The van der Waals surface area contributed by atoms with Crippen LogP contribution in [0.15, 0.2) is 77.6 Å². The van der Waals surface area contributed by atoms with Gasteiger partial charge in [-0.25, -0.2) is 9.55 Å². The molecule has 0 radical (unpaired) electrons. The number of likely N-dealkylation sites (tertiary alicyclic amines) is 1. The predicted octanol–water partition coefficient (Wildman–Crippen LogP) is 4.99. The van der Waals surface area contributed by atoms with E-state index in [0.717, 1.165) is 31.0 Å². The van der Waals surface area contributed by atoms with Gasteiger partial charge < -0.3 is 5.32 Å². The van der Waals surface area contributed by atoms with Crippen LogP contribution in [-0.4, -0.2) is 27.5 Å². The van der Waals surface area contributed by atoms with E-state index in [9.17, 15) is 4.79 Å². The third-order valence-electron chi connectivity index (χ3n) is 5.38. The second-order valence-electron chi connectivity index (χ2n) is 7.53. The Morgan fingerprint density at radius 3 is 2.57 bits per heavy atom. The molecule has 0 atom stereocenters. The lowest BCUT2D eigenvalue weighted by molar-refractivity contribution is 0.172. The molecule has 150 valence electrons. The second kappa shape index (κ2) is 7.94. The standard InChI is InChI=1S/C24H21ClN4O/c25-18-10-11-22-21(15-18)23(30)29(20-8-2-1-3-9-20)24(27-22)26-19-7-4-6-17(14-19)16-28-12-5-13-28/h1-4,6-11,14-15H,5,12-13,16H2,(H,26,27). The Morgan fingerprint density at radius 1 is 0.967 bits per heavy atom. The smallest absolute Gasteiger partial charge is 0.267 e. The monoisotopic (exact) mass is 416 g/mol. The fourth-order valence-corrected chi connectivity index (χ4v) is 3.90. The van der Waals surface area contributed by atoms with Crippen LogP contribution in [0, 0.1) is 0 Å². The first-order chi connectivity index (χ1) is 14.7. The maximum Gasteiger partial charge on any atom is 0.267 e. The largest absolute Gasteiger partial charge is 0.325 e. The van der Waals surface area contributed by atoms with Crippen molar-refractivity contribution in [2.45, 2.75) is 13.0 Å². The van der Waals surface area contributed by atoms with Gasteiger partial charge in [0.05, 0.1) is 16.6 Å². The van der Waals surface area contributed by atoms with Crippen molar-refractivity contribution in [3.05, 3.63) is 93.7 Å². The highest BCUT2D eigenvalue weighted by Gasteiger charge is 2.15. The molecule has 1 N–H and O–H groups in total. The first kappa shape index (κ1) is 18.9. The van der Waals surface area contributed by atoms with Gasteiger partial charge in [0.25, 0.3) is 5.56 Å².